The lowest BCUT2D eigenvalue weighted by Crippen LogP contribution is -2.22. The molecule has 11 heteroatoms. The van der Waals surface area contributed by atoms with Gasteiger partial charge in [0.15, 0.2) is 0 Å². The van der Waals surface area contributed by atoms with Crippen molar-refractivity contribution in [1.82, 2.24) is 9.55 Å². The lowest BCUT2D eigenvalue weighted by atomic mass is 9.96. The van der Waals surface area contributed by atoms with Crippen LogP contribution in [-0.2, 0) is 0 Å². The molecule has 0 aliphatic heterocycles. The van der Waals surface area contributed by atoms with Gasteiger partial charge in [0, 0.05) is 6.20 Å². The summed E-state index contributed by atoms with van der Waals surface area (Å²) in [6.45, 7) is 0. The maximum Gasteiger partial charge on any atom is 0.399 e. The van der Waals surface area contributed by atoms with Crippen LogP contribution in [0.1, 0.15) is 33.0 Å². The number of aromatic carboxylic acids is 1. The molecule has 0 spiro atoms. The van der Waals surface area contributed by atoms with Gasteiger partial charge in [-0.25, -0.2) is 9.59 Å². The third-order valence-corrected chi connectivity index (χ3v) is 4.95. The number of nitrogen functional groups attached to an aromatic ring is 1. The largest absolute Gasteiger partial charge is 0.478 e. The fourth-order valence-corrected chi connectivity index (χ4v) is 3.35. The molecule has 0 aliphatic rings. The number of halogens is 4. The third-order valence-electron chi connectivity index (χ3n) is 4.64. The van der Waals surface area contributed by atoms with Gasteiger partial charge in [0.25, 0.3) is 0 Å². The number of nitriles is 1. The van der Waals surface area contributed by atoms with E-state index in [1.54, 1.807) is 6.07 Å². The minimum atomic E-state index is -4.68. The van der Waals surface area contributed by atoms with Crippen LogP contribution in [-0.4, -0.2) is 26.8 Å². The Morgan fingerprint density at radius 3 is 2.55 bits per heavy atom. The predicted octanol–water partition coefficient (Wildman–Crippen LogP) is 4.40. The molecule has 0 amide bonds. The first-order valence-electron chi connectivity index (χ1n) is 9.18. The van der Waals surface area contributed by atoms with Gasteiger partial charge in [-0.1, -0.05) is 35.9 Å². The SMILES string of the molecule is N#Cc1cc(/C=C/C(c2ccc(-n3ccc(N)nc3=O)c(Cl)c2)C(F)(F)F)ccc1C(=O)O. The molecule has 0 fully saturated rings. The maximum atomic E-state index is 13.8. The van der Waals surface area contributed by atoms with E-state index in [1.807, 2.05) is 0 Å². The van der Waals surface area contributed by atoms with Gasteiger partial charge in [-0.2, -0.15) is 23.4 Å². The number of carboxylic acids is 1. The summed E-state index contributed by atoms with van der Waals surface area (Å²) in [6.07, 6.45) is -1.36. The predicted molar refractivity (Wildman–Crippen MR) is 115 cm³/mol. The maximum absolute atomic E-state index is 13.8. The molecule has 1 aromatic heterocycles. The van der Waals surface area contributed by atoms with Gasteiger partial charge in [0.2, 0.25) is 0 Å². The zero-order chi connectivity index (χ0) is 24.3. The standard InChI is InChI=1S/C22H14ClF3N4O3/c23-17-10-13(3-6-18(17)30-8-7-19(28)29-21(30)33)16(22(24,25)26)5-2-12-1-4-15(20(31)32)14(9-12)11-27/h1-10,16H,(H,31,32)(H2,28,29,33)/b5-2+. The molecular weight excluding hydrogens is 461 g/mol. The van der Waals surface area contributed by atoms with Crippen molar-refractivity contribution in [2.75, 3.05) is 5.73 Å². The van der Waals surface area contributed by atoms with Crippen molar-refractivity contribution in [3.63, 3.8) is 0 Å². The fraction of sp³-hybridized carbons (Fsp3) is 0.0909. The van der Waals surface area contributed by atoms with Gasteiger partial charge in [-0.05, 0) is 41.5 Å². The zero-order valence-corrected chi connectivity index (χ0v) is 17.3. The zero-order valence-electron chi connectivity index (χ0n) is 16.5. The molecule has 0 bridgehead atoms. The molecule has 0 saturated heterocycles. The van der Waals surface area contributed by atoms with Crippen LogP contribution in [0, 0.1) is 11.3 Å². The molecular formula is C22H14ClF3N4O3. The average Bonchev–Trinajstić information content (AvgIpc) is 2.73. The highest BCUT2D eigenvalue weighted by atomic mass is 35.5. The second-order valence-electron chi connectivity index (χ2n) is 6.82. The first kappa shape index (κ1) is 23.6. The summed E-state index contributed by atoms with van der Waals surface area (Å²) >= 11 is 6.17. The topological polar surface area (TPSA) is 122 Å². The minimum absolute atomic E-state index is 0.0118. The van der Waals surface area contributed by atoms with Crippen molar-refractivity contribution < 1.29 is 23.1 Å². The number of alkyl halides is 3. The van der Waals surface area contributed by atoms with Gasteiger partial charge in [0.05, 0.1) is 27.8 Å². The number of anilines is 1. The van der Waals surface area contributed by atoms with Crippen molar-refractivity contribution in [3.8, 4) is 11.8 Å². The van der Waals surface area contributed by atoms with Crippen LogP contribution in [0.25, 0.3) is 11.8 Å². The summed E-state index contributed by atoms with van der Waals surface area (Å²) in [5.74, 6) is -3.39. The van der Waals surface area contributed by atoms with E-state index < -0.39 is 23.8 Å². The average molecular weight is 475 g/mol. The second-order valence-corrected chi connectivity index (χ2v) is 7.22. The number of carbonyl (C=O) groups is 1. The number of rotatable bonds is 5. The summed E-state index contributed by atoms with van der Waals surface area (Å²) in [7, 11) is 0. The lowest BCUT2D eigenvalue weighted by molar-refractivity contribution is -0.139. The molecule has 168 valence electrons. The van der Waals surface area contributed by atoms with E-state index in [0.29, 0.717) is 0 Å². The first-order valence-corrected chi connectivity index (χ1v) is 9.56. The highest BCUT2D eigenvalue weighted by Gasteiger charge is 2.39. The summed E-state index contributed by atoms with van der Waals surface area (Å²) in [5, 5.41) is 18.0. The molecule has 2 aromatic carbocycles. The van der Waals surface area contributed by atoms with E-state index in [9.17, 15) is 22.8 Å². The Bertz CT molecular complexity index is 1360. The molecule has 1 atom stereocenters. The molecule has 3 aromatic rings. The van der Waals surface area contributed by atoms with Gasteiger partial charge < -0.3 is 10.8 Å². The molecule has 1 heterocycles. The van der Waals surface area contributed by atoms with Crippen LogP contribution in [0.4, 0.5) is 19.0 Å². The Hall–Kier alpha value is -4.10. The van der Waals surface area contributed by atoms with Gasteiger partial charge in [0.1, 0.15) is 11.9 Å². The summed E-state index contributed by atoms with van der Waals surface area (Å²) in [6, 6.07) is 10.2. The van der Waals surface area contributed by atoms with Crippen molar-refractivity contribution in [1.29, 1.82) is 5.26 Å². The normalized spacial score (nSPS) is 12.5. The van der Waals surface area contributed by atoms with Crippen molar-refractivity contribution in [2.45, 2.75) is 12.1 Å². The summed E-state index contributed by atoms with van der Waals surface area (Å²) in [5.41, 5.74) is 4.43. The summed E-state index contributed by atoms with van der Waals surface area (Å²) in [4.78, 5) is 26.7. The lowest BCUT2D eigenvalue weighted by Gasteiger charge is -2.19. The van der Waals surface area contributed by atoms with E-state index >= 15 is 0 Å². The van der Waals surface area contributed by atoms with Crippen LogP contribution in [0.5, 0.6) is 0 Å². The van der Waals surface area contributed by atoms with Crippen LogP contribution in [0.15, 0.2) is 59.5 Å². The summed E-state index contributed by atoms with van der Waals surface area (Å²) < 4.78 is 42.4. The smallest absolute Gasteiger partial charge is 0.399 e. The van der Waals surface area contributed by atoms with Crippen LogP contribution in [0.3, 0.4) is 0 Å². The van der Waals surface area contributed by atoms with Crippen molar-refractivity contribution in [2.24, 2.45) is 0 Å². The van der Waals surface area contributed by atoms with Crippen molar-refractivity contribution in [3.05, 3.63) is 92.5 Å². The van der Waals surface area contributed by atoms with Crippen molar-refractivity contribution >= 4 is 29.5 Å². The molecule has 33 heavy (non-hydrogen) atoms. The molecule has 0 saturated carbocycles. The monoisotopic (exact) mass is 474 g/mol. The van der Waals surface area contributed by atoms with E-state index in [1.165, 1.54) is 36.5 Å². The molecule has 3 rings (SSSR count). The number of nitrogens with two attached hydrogens (primary N) is 1. The van der Waals surface area contributed by atoms with Crippen LogP contribution < -0.4 is 11.4 Å². The van der Waals surface area contributed by atoms with Crippen LogP contribution >= 0.6 is 11.6 Å². The Morgan fingerprint density at radius 1 is 1.24 bits per heavy atom. The van der Waals surface area contributed by atoms with E-state index in [0.717, 1.165) is 28.9 Å². The Balaban J connectivity index is 1.99. The highest BCUT2D eigenvalue weighted by Crippen LogP contribution is 2.38. The Kier molecular flexibility index (Phi) is 6.55. The number of hydrogen-bond donors (Lipinski definition) is 2. The van der Waals surface area contributed by atoms with Gasteiger partial charge in [-0.15, -0.1) is 0 Å². The number of allylic oxidation sites excluding steroid dienone is 1. The molecule has 0 aliphatic carbocycles. The van der Waals surface area contributed by atoms with E-state index in [2.05, 4.69) is 4.98 Å². The van der Waals surface area contributed by atoms with E-state index in [4.69, 9.17) is 27.7 Å². The molecule has 3 N–H and O–H groups in total. The van der Waals surface area contributed by atoms with Gasteiger partial charge >= 0.3 is 17.8 Å². The number of hydrogen-bond acceptors (Lipinski definition) is 5. The number of aromatic nitrogens is 2. The highest BCUT2D eigenvalue weighted by molar-refractivity contribution is 6.32. The number of carboxylic acid groups (broad SMARTS) is 1. The second kappa shape index (κ2) is 9.18. The number of benzene rings is 2. The quantitative estimate of drug-likeness (QED) is 0.565. The van der Waals surface area contributed by atoms with Gasteiger partial charge in [-0.3, -0.25) is 4.57 Å². The first-order chi connectivity index (χ1) is 15.5. The molecule has 7 nitrogen and oxygen atoms in total. The molecule has 0 radical (unpaired) electrons. The van der Waals surface area contributed by atoms with E-state index in [-0.39, 0.29) is 38.8 Å². The Labute approximate surface area is 189 Å². The number of nitrogens with zero attached hydrogens (tertiary/aromatic N) is 3. The Morgan fingerprint density at radius 2 is 1.97 bits per heavy atom. The van der Waals surface area contributed by atoms with Crippen LogP contribution in [0.2, 0.25) is 5.02 Å². The molecule has 1 unspecified atom stereocenters. The minimum Gasteiger partial charge on any atom is -0.478 e. The third kappa shape index (κ3) is 5.22. The fourth-order valence-electron chi connectivity index (χ4n) is 3.07.